The van der Waals surface area contributed by atoms with Gasteiger partial charge in [-0.25, -0.2) is 0 Å². The molecule has 8 aromatic rings. The van der Waals surface area contributed by atoms with Crippen molar-refractivity contribution in [1.82, 2.24) is 0 Å². The SMILES string of the molecule is CCc1cccc(-c2c(C)ccc3[cH-]c(-c4cc(C)c(C)o4)cc23)c1.CCc1cccc(-c2c(C)ccc3[cH-]c(-c4cc(C)c(C)o4)cc23)c1.C[Si](C)=[Zr]([Cl])[Cl]. The first kappa shape index (κ1) is 42.0. The van der Waals surface area contributed by atoms with E-state index in [1.807, 2.05) is 13.8 Å². The molecule has 0 radical (unpaired) electrons. The molecule has 0 amide bonds. The number of benzene rings is 4. The quantitative estimate of drug-likeness (QED) is 0.123. The summed E-state index contributed by atoms with van der Waals surface area (Å²) in [5.41, 5.74) is 15.1. The fraction of sp³-hybridized carbons (Fsp3) is 0.240. The molecule has 0 atom stereocenters. The Morgan fingerprint density at radius 2 is 0.929 bits per heavy atom. The van der Waals surface area contributed by atoms with Crippen molar-refractivity contribution >= 4 is 44.0 Å². The second-order valence-corrected chi connectivity index (χ2v) is 38.1. The van der Waals surface area contributed by atoms with E-state index in [1.165, 1.54) is 77.2 Å². The van der Waals surface area contributed by atoms with Crippen molar-refractivity contribution in [2.24, 2.45) is 0 Å². The van der Waals surface area contributed by atoms with E-state index in [0.717, 1.165) is 47.0 Å². The number of fused-ring (bicyclic) bond motifs is 2. The second-order valence-electron chi connectivity index (χ2n) is 15.1. The van der Waals surface area contributed by atoms with Gasteiger partial charge in [-0.3, -0.25) is 0 Å². The summed E-state index contributed by atoms with van der Waals surface area (Å²) in [4.78, 5) is 0. The number of rotatable bonds is 6. The van der Waals surface area contributed by atoms with E-state index in [1.54, 1.807) is 0 Å². The summed E-state index contributed by atoms with van der Waals surface area (Å²) in [7, 11) is 11.2. The van der Waals surface area contributed by atoms with Gasteiger partial charge in [0.05, 0.1) is 23.0 Å². The van der Waals surface area contributed by atoms with Crippen LogP contribution in [0.4, 0.5) is 0 Å². The van der Waals surface area contributed by atoms with E-state index in [9.17, 15) is 0 Å². The number of furan rings is 2. The average Bonchev–Trinajstić information content (AvgIpc) is 3.97. The van der Waals surface area contributed by atoms with E-state index < -0.39 is 18.0 Å². The topological polar surface area (TPSA) is 26.3 Å². The summed E-state index contributed by atoms with van der Waals surface area (Å²) in [6.07, 6.45) is 2.11. The van der Waals surface area contributed by atoms with Crippen molar-refractivity contribution < 1.29 is 26.8 Å². The van der Waals surface area contributed by atoms with E-state index in [-0.39, 0.29) is 5.43 Å². The molecule has 0 fully saturated rings. The molecule has 0 aliphatic rings. The molecule has 2 aromatic heterocycles. The molecular weight excluding hydrogens is 823 g/mol. The molecule has 6 aromatic carbocycles. The maximum absolute atomic E-state index is 5.94. The number of hydrogen-bond acceptors (Lipinski definition) is 2. The van der Waals surface area contributed by atoms with Crippen LogP contribution in [0, 0.1) is 41.5 Å². The fourth-order valence-electron chi connectivity index (χ4n) is 7.16. The van der Waals surface area contributed by atoms with Gasteiger partial charge < -0.3 is 8.83 Å². The second kappa shape index (κ2) is 18.3. The van der Waals surface area contributed by atoms with Crippen LogP contribution in [0.2, 0.25) is 13.1 Å². The van der Waals surface area contributed by atoms with Crippen LogP contribution in [0.15, 0.2) is 118 Å². The number of aryl methyl sites for hydroxylation is 8. The Bertz CT molecular complexity index is 2450. The molecule has 6 heteroatoms. The van der Waals surface area contributed by atoms with Gasteiger partial charge in [0.1, 0.15) is 0 Å². The van der Waals surface area contributed by atoms with Crippen molar-refractivity contribution in [3.05, 3.63) is 154 Å². The van der Waals surface area contributed by atoms with Crippen LogP contribution in [-0.4, -0.2) is 5.43 Å². The van der Waals surface area contributed by atoms with Crippen LogP contribution >= 0.6 is 17.0 Å². The third-order valence-corrected chi connectivity index (χ3v) is 30.5. The van der Waals surface area contributed by atoms with Crippen LogP contribution < -0.4 is 0 Å². The summed E-state index contributed by atoms with van der Waals surface area (Å²) in [5.74, 6) is 3.90. The standard InChI is InChI=1S/2C24H23O.C2H6Si.2ClH.Zr/c2*1-5-18-7-6-8-20(12-18)24-15(2)9-10-19-13-21(14-22(19)24)23-11-16(3)17(4)25-23;1-3-2;;;/h2*6-14H,5H2,1-4H3;1-2H3;2*1H;/q2*-1;;;;+2/p-2. The first-order valence-electron chi connectivity index (χ1n) is 19.5. The zero-order valence-electron chi connectivity index (χ0n) is 34.4. The fourth-order valence-corrected chi connectivity index (χ4v) is 7.16. The molecule has 0 spiro atoms. The molecule has 0 saturated carbocycles. The van der Waals surface area contributed by atoms with Crippen molar-refractivity contribution in [2.45, 2.75) is 81.3 Å². The van der Waals surface area contributed by atoms with E-state index in [0.29, 0.717) is 0 Å². The van der Waals surface area contributed by atoms with Gasteiger partial charge in [-0.1, -0.05) is 96.8 Å². The van der Waals surface area contributed by atoms with E-state index in [4.69, 9.17) is 25.9 Å². The summed E-state index contributed by atoms with van der Waals surface area (Å²) in [5, 5.41) is 5.14. The minimum atomic E-state index is -1.65. The Morgan fingerprint density at radius 1 is 0.536 bits per heavy atom. The molecular formula is C50H52Cl2O2SiZr-2. The van der Waals surface area contributed by atoms with Crippen LogP contribution in [0.25, 0.3) is 66.4 Å². The van der Waals surface area contributed by atoms with Crippen molar-refractivity contribution in [2.75, 3.05) is 0 Å². The number of halogens is 2. The van der Waals surface area contributed by atoms with Gasteiger partial charge in [-0.15, -0.1) is 57.9 Å². The third-order valence-electron chi connectivity index (χ3n) is 10.7. The molecule has 0 aliphatic heterocycles. The molecule has 0 bridgehead atoms. The molecule has 8 rings (SSSR count). The molecule has 0 N–H and O–H groups in total. The Balaban J connectivity index is 0.000000166. The first-order valence-corrected chi connectivity index (χ1v) is 32.0. The van der Waals surface area contributed by atoms with Gasteiger partial charge in [0.15, 0.2) is 0 Å². The normalized spacial score (nSPS) is 11.0. The van der Waals surface area contributed by atoms with E-state index in [2.05, 4.69) is 164 Å². The third kappa shape index (κ3) is 9.37. The van der Waals surface area contributed by atoms with Gasteiger partial charge in [-0.2, -0.15) is 0 Å². The summed E-state index contributed by atoms with van der Waals surface area (Å²) in [6, 6.07) is 39.9. The minimum absolute atomic E-state index is 0.224. The Hall–Kier alpha value is -3.66. The van der Waals surface area contributed by atoms with Gasteiger partial charge >= 0.3 is 53.5 Å². The summed E-state index contributed by atoms with van der Waals surface area (Å²) in [6.45, 7) is 21.4. The van der Waals surface area contributed by atoms with Crippen LogP contribution in [0.5, 0.6) is 0 Å². The van der Waals surface area contributed by atoms with Gasteiger partial charge in [0.2, 0.25) is 0 Å². The van der Waals surface area contributed by atoms with Crippen molar-refractivity contribution in [3.8, 4) is 44.9 Å². The van der Waals surface area contributed by atoms with Gasteiger partial charge in [-0.05, 0) is 111 Å². The van der Waals surface area contributed by atoms with Crippen LogP contribution in [0.3, 0.4) is 0 Å². The average molecular weight is 875 g/mol. The zero-order chi connectivity index (χ0) is 40.3. The summed E-state index contributed by atoms with van der Waals surface area (Å²) < 4.78 is 11.9. The molecule has 2 heterocycles. The molecule has 56 heavy (non-hydrogen) atoms. The molecule has 0 aliphatic carbocycles. The van der Waals surface area contributed by atoms with Crippen LogP contribution in [0.1, 0.15) is 58.7 Å². The first-order chi connectivity index (χ1) is 26.8. The Labute approximate surface area is 348 Å². The zero-order valence-corrected chi connectivity index (χ0v) is 39.3. The van der Waals surface area contributed by atoms with E-state index >= 15 is 0 Å². The summed E-state index contributed by atoms with van der Waals surface area (Å²) >= 11 is -1.65. The van der Waals surface area contributed by atoms with Gasteiger partial charge in [0.25, 0.3) is 0 Å². The predicted octanol–water partition coefficient (Wildman–Crippen LogP) is 16.1. The number of hydrogen-bond donors (Lipinski definition) is 0. The monoisotopic (exact) mass is 872 g/mol. The molecule has 0 unspecified atom stereocenters. The maximum atomic E-state index is 5.94. The van der Waals surface area contributed by atoms with Crippen molar-refractivity contribution in [3.63, 3.8) is 0 Å². The molecule has 2 nitrogen and oxygen atoms in total. The Morgan fingerprint density at radius 3 is 1.25 bits per heavy atom. The molecule has 288 valence electrons. The van der Waals surface area contributed by atoms with Crippen molar-refractivity contribution in [1.29, 1.82) is 0 Å². The predicted molar refractivity (Wildman–Crippen MR) is 242 cm³/mol. The van der Waals surface area contributed by atoms with Gasteiger partial charge in [0, 0.05) is 0 Å². The Kier molecular flexibility index (Phi) is 13.7. The molecule has 0 saturated heterocycles. The van der Waals surface area contributed by atoms with Crippen LogP contribution in [-0.2, 0) is 30.8 Å².